The first-order chi connectivity index (χ1) is 7.69. The first kappa shape index (κ1) is 11.6. The van der Waals surface area contributed by atoms with Crippen LogP contribution in [0.1, 0.15) is 23.8 Å². The van der Waals surface area contributed by atoms with E-state index in [0.29, 0.717) is 5.92 Å². The summed E-state index contributed by atoms with van der Waals surface area (Å²) in [6.45, 7) is 4.80. The fraction of sp³-hybridized carbons (Fsp3) is 0.583. The van der Waals surface area contributed by atoms with Crippen LogP contribution in [0.2, 0.25) is 0 Å². The van der Waals surface area contributed by atoms with Gasteiger partial charge >= 0.3 is 0 Å². The van der Waals surface area contributed by atoms with Crippen LogP contribution < -0.4 is 0 Å². The van der Waals surface area contributed by atoms with Crippen molar-refractivity contribution in [3.05, 3.63) is 21.9 Å². The van der Waals surface area contributed by atoms with Crippen molar-refractivity contribution in [2.75, 3.05) is 13.1 Å². The van der Waals surface area contributed by atoms with E-state index >= 15 is 0 Å². The Hall–Kier alpha value is -0.890. The standard InChI is InChI=1S/C12H16N2OS/c1-9(15)11-2-3-14(6-11)7-12-4-10(5-13)8-16-12/h4,8-9,11,15H,2-3,6-7H2,1H3. The Kier molecular flexibility index (Phi) is 3.59. The van der Waals surface area contributed by atoms with Crippen molar-refractivity contribution in [3.8, 4) is 6.07 Å². The number of aliphatic hydroxyl groups excluding tert-OH is 1. The highest BCUT2D eigenvalue weighted by Crippen LogP contribution is 2.23. The van der Waals surface area contributed by atoms with Gasteiger partial charge in [-0.15, -0.1) is 11.3 Å². The number of nitriles is 1. The number of nitrogens with zero attached hydrogens (tertiary/aromatic N) is 2. The summed E-state index contributed by atoms with van der Waals surface area (Å²) >= 11 is 1.64. The van der Waals surface area contributed by atoms with Gasteiger partial charge in [0.05, 0.1) is 11.7 Å². The zero-order valence-corrected chi connectivity index (χ0v) is 10.2. The second-order valence-corrected chi connectivity index (χ2v) is 5.43. The first-order valence-corrected chi connectivity index (χ1v) is 6.45. The van der Waals surface area contributed by atoms with Crippen LogP contribution in [0.25, 0.3) is 0 Å². The molecule has 2 unspecified atom stereocenters. The van der Waals surface area contributed by atoms with Crippen LogP contribution in [0.15, 0.2) is 11.4 Å². The number of hydrogen-bond donors (Lipinski definition) is 1. The molecule has 1 aromatic heterocycles. The molecule has 86 valence electrons. The van der Waals surface area contributed by atoms with E-state index in [1.165, 1.54) is 4.88 Å². The average molecular weight is 236 g/mol. The Bertz CT molecular complexity index is 394. The summed E-state index contributed by atoms with van der Waals surface area (Å²) in [7, 11) is 0. The molecule has 1 aliphatic heterocycles. The number of likely N-dealkylation sites (tertiary alicyclic amines) is 1. The maximum absolute atomic E-state index is 9.51. The molecule has 0 aromatic carbocycles. The molecular weight excluding hydrogens is 220 g/mol. The molecular formula is C12H16N2OS. The van der Waals surface area contributed by atoms with Crippen molar-refractivity contribution >= 4 is 11.3 Å². The largest absolute Gasteiger partial charge is 0.393 e. The molecule has 16 heavy (non-hydrogen) atoms. The Balaban J connectivity index is 1.90. The second kappa shape index (κ2) is 4.96. The molecule has 0 aliphatic carbocycles. The average Bonchev–Trinajstić information content (AvgIpc) is 2.87. The molecule has 0 saturated carbocycles. The van der Waals surface area contributed by atoms with Crippen molar-refractivity contribution in [1.29, 1.82) is 5.26 Å². The van der Waals surface area contributed by atoms with Crippen molar-refractivity contribution < 1.29 is 5.11 Å². The third kappa shape index (κ3) is 2.62. The molecule has 0 bridgehead atoms. The zero-order valence-electron chi connectivity index (χ0n) is 9.39. The topological polar surface area (TPSA) is 47.3 Å². The molecule has 0 spiro atoms. The molecule has 0 amide bonds. The minimum Gasteiger partial charge on any atom is -0.393 e. The van der Waals surface area contributed by atoms with E-state index in [1.807, 2.05) is 18.4 Å². The maximum atomic E-state index is 9.51. The van der Waals surface area contributed by atoms with Gasteiger partial charge in [-0.2, -0.15) is 5.26 Å². The van der Waals surface area contributed by atoms with Crippen LogP contribution in [-0.2, 0) is 6.54 Å². The van der Waals surface area contributed by atoms with Gasteiger partial charge in [0.15, 0.2) is 0 Å². The molecule has 1 fully saturated rings. The van der Waals surface area contributed by atoms with E-state index in [4.69, 9.17) is 5.26 Å². The Morgan fingerprint density at radius 2 is 2.56 bits per heavy atom. The molecule has 3 nitrogen and oxygen atoms in total. The fourth-order valence-electron chi connectivity index (χ4n) is 2.14. The Labute approximate surface area is 99.9 Å². The summed E-state index contributed by atoms with van der Waals surface area (Å²) in [5.41, 5.74) is 0.756. The lowest BCUT2D eigenvalue weighted by atomic mass is 10.0. The smallest absolute Gasteiger partial charge is 0.100 e. The zero-order chi connectivity index (χ0) is 11.5. The normalized spacial score (nSPS) is 23.2. The molecule has 2 atom stereocenters. The summed E-state index contributed by atoms with van der Waals surface area (Å²) in [4.78, 5) is 3.59. The fourth-order valence-corrected chi connectivity index (χ4v) is 2.99. The first-order valence-electron chi connectivity index (χ1n) is 5.57. The molecule has 2 heterocycles. The van der Waals surface area contributed by atoms with E-state index in [2.05, 4.69) is 11.0 Å². The van der Waals surface area contributed by atoms with Gasteiger partial charge in [-0.1, -0.05) is 0 Å². The minimum absolute atomic E-state index is 0.206. The van der Waals surface area contributed by atoms with Crippen LogP contribution in [0.3, 0.4) is 0 Å². The van der Waals surface area contributed by atoms with Gasteiger partial charge in [-0.25, -0.2) is 0 Å². The molecule has 1 saturated heterocycles. The highest BCUT2D eigenvalue weighted by molar-refractivity contribution is 7.10. The van der Waals surface area contributed by atoms with Crippen LogP contribution in [0.4, 0.5) is 0 Å². The van der Waals surface area contributed by atoms with E-state index in [-0.39, 0.29) is 6.10 Å². The predicted octanol–water partition coefficient (Wildman–Crippen LogP) is 1.82. The van der Waals surface area contributed by atoms with Crippen LogP contribution in [-0.4, -0.2) is 29.2 Å². The third-order valence-electron chi connectivity index (χ3n) is 3.15. The number of thiophene rings is 1. The van der Waals surface area contributed by atoms with Gasteiger partial charge in [-0.05, 0) is 31.9 Å². The molecule has 4 heteroatoms. The van der Waals surface area contributed by atoms with E-state index < -0.39 is 0 Å². The molecule has 1 aromatic rings. The van der Waals surface area contributed by atoms with Crippen molar-refractivity contribution in [3.63, 3.8) is 0 Å². The molecule has 2 rings (SSSR count). The lowest BCUT2D eigenvalue weighted by Gasteiger charge is -2.16. The highest BCUT2D eigenvalue weighted by atomic mass is 32.1. The predicted molar refractivity (Wildman–Crippen MR) is 64.1 cm³/mol. The molecule has 1 aliphatic rings. The van der Waals surface area contributed by atoms with E-state index in [9.17, 15) is 5.11 Å². The van der Waals surface area contributed by atoms with Crippen molar-refractivity contribution in [2.45, 2.75) is 26.0 Å². The lowest BCUT2D eigenvalue weighted by molar-refractivity contribution is 0.127. The van der Waals surface area contributed by atoms with Gasteiger partial charge in [-0.3, -0.25) is 4.90 Å². The SMILES string of the molecule is CC(O)C1CCN(Cc2cc(C#N)cs2)C1. The number of rotatable bonds is 3. The quantitative estimate of drug-likeness (QED) is 0.871. The lowest BCUT2D eigenvalue weighted by Crippen LogP contribution is -2.23. The van der Waals surface area contributed by atoms with E-state index in [1.54, 1.807) is 11.3 Å². The Morgan fingerprint density at radius 3 is 3.12 bits per heavy atom. The minimum atomic E-state index is -0.206. The van der Waals surface area contributed by atoms with Gasteiger partial charge in [0.2, 0.25) is 0 Å². The van der Waals surface area contributed by atoms with Crippen molar-refractivity contribution in [1.82, 2.24) is 4.90 Å². The van der Waals surface area contributed by atoms with Gasteiger partial charge in [0.1, 0.15) is 6.07 Å². The van der Waals surface area contributed by atoms with Gasteiger partial charge in [0.25, 0.3) is 0 Å². The van der Waals surface area contributed by atoms with E-state index in [0.717, 1.165) is 31.6 Å². The summed E-state index contributed by atoms with van der Waals surface area (Å²) in [6.07, 6.45) is 0.872. The van der Waals surface area contributed by atoms with Gasteiger partial charge in [0, 0.05) is 23.3 Å². The molecule has 1 N–H and O–H groups in total. The number of aliphatic hydroxyl groups is 1. The second-order valence-electron chi connectivity index (χ2n) is 4.44. The molecule has 0 radical (unpaired) electrons. The van der Waals surface area contributed by atoms with Crippen molar-refractivity contribution in [2.24, 2.45) is 5.92 Å². The third-order valence-corrected chi connectivity index (χ3v) is 4.07. The van der Waals surface area contributed by atoms with Crippen LogP contribution >= 0.6 is 11.3 Å². The van der Waals surface area contributed by atoms with Gasteiger partial charge < -0.3 is 5.11 Å². The monoisotopic (exact) mass is 236 g/mol. The maximum Gasteiger partial charge on any atom is 0.100 e. The summed E-state index contributed by atoms with van der Waals surface area (Å²) in [5, 5.41) is 20.1. The summed E-state index contributed by atoms with van der Waals surface area (Å²) < 4.78 is 0. The van der Waals surface area contributed by atoms with Crippen LogP contribution in [0, 0.1) is 17.2 Å². The summed E-state index contributed by atoms with van der Waals surface area (Å²) in [5.74, 6) is 0.412. The highest BCUT2D eigenvalue weighted by Gasteiger charge is 2.25. The Morgan fingerprint density at radius 1 is 1.75 bits per heavy atom. The number of hydrogen-bond acceptors (Lipinski definition) is 4. The van der Waals surface area contributed by atoms with Crippen LogP contribution in [0.5, 0.6) is 0 Å². The summed E-state index contributed by atoms with van der Waals surface area (Å²) in [6, 6.07) is 4.11.